The van der Waals surface area contributed by atoms with Crippen LogP contribution in [0.25, 0.3) is 16.6 Å². The average Bonchev–Trinajstić information content (AvgIpc) is 3.28. The van der Waals surface area contributed by atoms with E-state index in [0.717, 1.165) is 5.39 Å². The van der Waals surface area contributed by atoms with Gasteiger partial charge in [0.2, 0.25) is 0 Å². The summed E-state index contributed by atoms with van der Waals surface area (Å²) in [6.45, 7) is 0. The van der Waals surface area contributed by atoms with E-state index in [2.05, 4.69) is 20.4 Å². The zero-order valence-electron chi connectivity index (χ0n) is 18.3. The Morgan fingerprint density at radius 1 is 1.00 bits per heavy atom. The topological polar surface area (TPSA) is 169 Å². The molecule has 0 unspecified atom stereocenters. The summed E-state index contributed by atoms with van der Waals surface area (Å²) in [6.07, 6.45) is 4.64. The van der Waals surface area contributed by atoms with Crippen molar-refractivity contribution in [2.45, 2.75) is 0 Å². The molecule has 6 N–H and O–H groups in total. The summed E-state index contributed by atoms with van der Waals surface area (Å²) >= 11 is 0. The van der Waals surface area contributed by atoms with Gasteiger partial charge in [0.25, 0.3) is 5.91 Å². The second kappa shape index (κ2) is 10.0. The first-order chi connectivity index (χ1) is 17.0. The third kappa shape index (κ3) is 4.84. The molecule has 0 radical (unpaired) electrons. The number of aromatic nitrogens is 4. The first-order valence-electron chi connectivity index (χ1n) is 10.4. The Balaban J connectivity index is 0.000000179. The lowest BCUT2D eigenvalue weighted by atomic mass is 10.0. The molecule has 2 aromatic carbocycles. The van der Waals surface area contributed by atoms with Crippen LogP contribution in [0.2, 0.25) is 0 Å². The minimum atomic E-state index is -0.455. The van der Waals surface area contributed by atoms with Crippen molar-refractivity contribution in [3.05, 3.63) is 96.4 Å². The van der Waals surface area contributed by atoms with E-state index >= 15 is 0 Å². The second-order valence-electron chi connectivity index (χ2n) is 7.23. The lowest BCUT2D eigenvalue weighted by molar-refractivity contribution is 0.102. The molecule has 172 valence electrons. The average molecular weight is 464 g/mol. The van der Waals surface area contributed by atoms with Gasteiger partial charge in [-0.05, 0) is 35.7 Å². The highest BCUT2D eigenvalue weighted by molar-refractivity contribution is 6.11. The van der Waals surface area contributed by atoms with Gasteiger partial charge in [0, 0.05) is 17.8 Å². The molecule has 0 saturated heterocycles. The predicted molar refractivity (Wildman–Crippen MR) is 133 cm³/mol. The Labute approximate surface area is 200 Å². The summed E-state index contributed by atoms with van der Waals surface area (Å²) < 4.78 is 1.43. The molecule has 0 bridgehead atoms. The van der Waals surface area contributed by atoms with Crippen LogP contribution in [0, 0.1) is 11.3 Å². The fraction of sp³-hybridized carbons (Fsp3) is 0. The highest BCUT2D eigenvalue weighted by Gasteiger charge is 2.16. The summed E-state index contributed by atoms with van der Waals surface area (Å²) in [5, 5.41) is 26.9. The maximum Gasteiger partial charge on any atom is 0.260 e. The fourth-order valence-corrected chi connectivity index (χ4v) is 3.26. The molecule has 3 heterocycles. The molecular weight excluding hydrogens is 444 g/mol. The number of carbonyl (C=O) groups is 1. The van der Waals surface area contributed by atoms with Gasteiger partial charge in [0.15, 0.2) is 11.6 Å². The molecule has 1 amide bonds. The van der Waals surface area contributed by atoms with Crippen molar-refractivity contribution in [1.29, 1.82) is 5.26 Å². The number of hydrogen-bond donors (Lipinski definition) is 4. The number of nitrogens with zero attached hydrogens (tertiary/aromatic N) is 5. The first-order valence-corrected chi connectivity index (χ1v) is 10.4. The smallest absolute Gasteiger partial charge is 0.260 e. The van der Waals surface area contributed by atoms with Crippen LogP contribution in [0.5, 0.6) is 5.75 Å². The number of aromatic hydroxyl groups is 1. The number of anilines is 3. The van der Waals surface area contributed by atoms with E-state index in [1.165, 1.54) is 10.9 Å². The minimum absolute atomic E-state index is 0.122. The number of fused-ring (bicyclic) bond motifs is 1. The third-order valence-electron chi connectivity index (χ3n) is 5.01. The van der Waals surface area contributed by atoms with Crippen LogP contribution in [-0.2, 0) is 0 Å². The zero-order chi connectivity index (χ0) is 24.8. The number of pyridine rings is 2. The van der Waals surface area contributed by atoms with Crippen molar-refractivity contribution in [3.8, 4) is 17.6 Å². The summed E-state index contributed by atoms with van der Waals surface area (Å²) in [5.74, 6) is 0.650. The third-order valence-corrected chi connectivity index (χ3v) is 5.01. The van der Waals surface area contributed by atoms with Crippen molar-refractivity contribution in [2.75, 3.05) is 16.8 Å². The van der Waals surface area contributed by atoms with Gasteiger partial charge in [-0.25, -0.2) is 9.97 Å². The molecule has 0 fully saturated rings. The van der Waals surface area contributed by atoms with Gasteiger partial charge >= 0.3 is 0 Å². The van der Waals surface area contributed by atoms with E-state index in [9.17, 15) is 9.90 Å². The van der Waals surface area contributed by atoms with Crippen LogP contribution in [0.4, 0.5) is 17.3 Å². The minimum Gasteiger partial charge on any atom is -0.505 e. The fourth-order valence-electron chi connectivity index (χ4n) is 3.26. The maximum atomic E-state index is 12.3. The molecule has 3 aromatic heterocycles. The van der Waals surface area contributed by atoms with Crippen molar-refractivity contribution in [1.82, 2.24) is 19.7 Å². The molecule has 5 aromatic rings. The van der Waals surface area contributed by atoms with Crippen LogP contribution >= 0.6 is 0 Å². The Bertz CT molecular complexity index is 1530. The van der Waals surface area contributed by atoms with Crippen LogP contribution < -0.4 is 16.8 Å². The SMILES string of the molecule is N#Cc1cnn(-c2ccccn2)c1N.Nc1c(O)c(C(=O)Nc2ccccn2)cc2ccccc12. The van der Waals surface area contributed by atoms with Gasteiger partial charge in [-0.2, -0.15) is 15.0 Å². The number of rotatable bonds is 3. The van der Waals surface area contributed by atoms with Crippen molar-refractivity contribution >= 4 is 34.0 Å². The van der Waals surface area contributed by atoms with Crippen LogP contribution in [0.3, 0.4) is 0 Å². The molecule has 10 nitrogen and oxygen atoms in total. The van der Waals surface area contributed by atoms with Crippen molar-refractivity contribution in [2.24, 2.45) is 0 Å². The number of carbonyl (C=O) groups excluding carboxylic acids is 1. The maximum absolute atomic E-state index is 12.3. The monoisotopic (exact) mass is 464 g/mol. The van der Waals surface area contributed by atoms with E-state index in [4.69, 9.17) is 16.7 Å². The Morgan fingerprint density at radius 2 is 1.71 bits per heavy atom. The molecular formula is C25H20N8O2. The van der Waals surface area contributed by atoms with Gasteiger partial charge < -0.3 is 21.9 Å². The molecule has 10 heteroatoms. The summed E-state index contributed by atoms with van der Waals surface area (Å²) in [4.78, 5) is 20.3. The predicted octanol–water partition coefficient (Wildman–Crippen LogP) is 3.50. The standard InChI is InChI=1S/C16H13N3O2.C9H7N5/c17-14-11-6-2-1-5-10(11)9-12(15(14)20)16(21)19-13-7-3-4-8-18-13;10-5-7-6-13-14(9(7)11)8-3-1-2-4-12-8/h1-9,20H,17H2,(H,18,19,21);1-4,6H,11H2. The molecule has 0 spiro atoms. The highest BCUT2D eigenvalue weighted by Crippen LogP contribution is 2.33. The number of nitrogen functional groups attached to an aromatic ring is 2. The first kappa shape index (κ1) is 22.8. The van der Waals surface area contributed by atoms with Gasteiger partial charge in [0.05, 0.1) is 17.4 Å². The van der Waals surface area contributed by atoms with Gasteiger partial charge in [-0.15, -0.1) is 0 Å². The van der Waals surface area contributed by atoms with E-state index in [1.54, 1.807) is 54.9 Å². The van der Waals surface area contributed by atoms with Crippen LogP contribution in [0.1, 0.15) is 15.9 Å². The van der Waals surface area contributed by atoms with Gasteiger partial charge in [-0.3, -0.25) is 4.79 Å². The molecule has 0 aliphatic rings. The van der Waals surface area contributed by atoms with Crippen LogP contribution in [0.15, 0.2) is 85.3 Å². The number of phenols is 1. The number of nitrogens with two attached hydrogens (primary N) is 2. The Hall–Kier alpha value is -5.43. The normalized spacial score (nSPS) is 10.1. The molecule has 5 rings (SSSR count). The van der Waals surface area contributed by atoms with Gasteiger partial charge in [-0.1, -0.05) is 36.4 Å². The number of nitrogens with one attached hydrogen (secondary N) is 1. The van der Waals surface area contributed by atoms with Crippen LogP contribution in [-0.4, -0.2) is 30.8 Å². The number of hydrogen-bond acceptors (Lipinski definition) is 8. The molecule has 0 aliphatic heterocycles. The number of benzene rings is 2. The van der Waals surface area contributed by atoms with Crippen molar-refractivity contribution in [3.63, 3.8) is 0 Å². The summed E-state index contributed by atoms with van der Waals surface area (Å²) in [6, 6.07) is 21.4. The van der Waals surface area contributed by atoms with E-state index in [1.807, 2.05) is 30.3 Å². The van der Waals surface area contributed by atoms with Gasteiger partial charge in [0.1, 0.15) is 23.3 Å². The van der Waals surface area contributed by atoms with E-state index in [0.29, 0.717) is 28.4 Å². The second-order valence-corrected chi connectivity index (χ2v) is 7.23. The lowest BCUT2D eigenvalue weighted by Crippen LogP contribution is -2.13. The molecule has 0 atom stereocenters. The lowest BCUT2D eigenvalue weighted by Gasteiger charge is -2.10. The molecule has 0 saturated carbocycles. The quantitative estimate of drug-likeness (QED) is 0.232. The number of phenolic OH excluding ortho intramolecular Hbond substituents is 1. The zero-order valence-corrected chi connectivity index (χ0v) is 18.3. The molecule has 0 aliphatic carbocycles. The summed E-state index contributed by atoms with van der Waals surface area (Å²) in [5.41, 5.74) is 12.3. The molecule has 35 heavy (non-hydrogen) atoms. The highest BCUT2D eigenvalue weighted by atomic mass is 16.3. The number of nitriles is 1. The summed E-state index contributed by atoms with van der Waals surface area (Å²) in [7, 11) is 0. The van der Waals surface area contributed by atoms with E-state index < -0.39 is 5.91 Å². The number of amides is 1. The largest absolute Gasteiger partial charge is 0.505 e. The van der Waals surface area contributed by atoms with E-state index in [-0.39, 0.29) is 17.0 Å². The Kier molecular flexibility index (Phi) is 6.51. The van der Waals surface area contributed by atoms with Crippen molar-refractivity contribution < 1.29 is 9.90 Å². The Morgan fingerprint density at radius 3 is 2.37 bits per heavy atom.